The third-order valence-corrected chi connectivity index (χ3v) is 0.938. The molecule has 0 aromatic heterocycles. The van der Waals surface area contributed by atoms with E-state index >= 15 is 0 Å². The molecule has 0 aliphatic rings. The number of nitrogens with two attached hydrogens (primary N) is 1. The van der Waals surface area contributed by atoms with Crippen LogP contribution in [0, 0.1) is 0 Å². The van der Waals surface area contributed by atoms with Gasteiger partial charge in [-0.1, -0.05) is 0 Å². The maximum atomic E-state index is 10.3. The first-order valence-corrected chi connectivity index (χ1v) is 2.85. The summed E-state index contributed by atoms with van der Waals surface area (Å²) in [5.41, 5.74) is 5.13. The van der Waals surface area contributed by atoms with Gasteiger partial charge in [-0.05, 0) is 13.0 Å². The normalized spacial score (nSPS) is 9.22. The molecule has 54 valence electrons. The van der Waals surface area contributed by atoms with Crippen molar-refractivity contribution in [2.24, 2.45) is 5.73 Å². The monoisotopic (exact) mass is 132 g/mol. The van der Waals surface area contributed by atoms with Gasteiger partial charge in [-0.25, -0.2) is 5.06 Å². The Hall–Kier alpha value is -0.610. The van der Waals surface area contributed by atoms with Crippen LogP contribution in [0.2, 0.25) is 0 Å². The third-order valence-electron chi connectivity index (χ3n) is 0.938. The number of hydrogen-bond acceptors (Lipinski definition) is 3. The van der Waals surface area contributed by atoms with Crippen LogP contribution in [-0.4, -0.2) is 29.3 Å². The average molecular weight is 132 g/mol. The van der Waals surface area contributed by atoms with Gasteiger partial charge in [0.15, 0.2) is 0 Å². The molecular weight excluding hydrogens is 120 g/mol. The van der Waals surface area contributed by atoms with Crippen LogP contribution in [0.1, 0.15) is 13.3 Å². The molecule has 1 amide bonds. The number of amides is 1. The molecule has 9 heavy (non-hydrogen) atoms. The second-order valence-corrected chi connectivity index (χ2v) is 1.78. The second kappa shape index (κ2) is 4.29. The molecule has 0 aliphatic heterocycles. The quantitative estimate of drug-likeness (QED) is 0.404. The standard InChI is InChI=1S/C5H12N2O2/c1-5(8)7(9)4-2-3-6/h9H,2-4,6H2,1H3. The van der Waals surface area contributed by atoms with Crippen LogP contribution < -0.4 is 5.73 Å². The third kappa shape index (κ3) is 3.93. The van der Waals surface area contributed by atoms with Gasteiger partial charge in [0.1, 0.15) is 0 Å². The van der Waals surface area contributed by atoms with E-state index in [4.69, 9.17) is 10.9 Å². The largest absolute Gasteiger partial charge is 0.330 e. The summed E-state index contributed by atoms with van der Waals surface area (Å²) in [6, 6.07) is 0. The van der Waals surface area contributed by atoms with E-state index in [2.05, 4.69) is 0 Å². The predicted octanol–water partition coefficient (Wildman–Crippen LogP) is -0.427. The van der Waals surface area contributed by atoms with Crippen molar-refractivity contribution in [3.05, 3.63) is 0 Å². The Bertz CT molecular complexity index is 95.0. The van der Waals surface area contributed by atoms with Gasteiger partial charge in [-0.15, -0.1) is 0 Å². The molecular formula is C5H12N2O2. The Kier molecular flexibility index (Phi) is 4.00. The summed E-state index contributed by atoms with van der Waals surface area (Å²) in [5, 5.41) is 9.35. The lowest BCUT2D eigenvalue weighted by atomic mass is 10.4. The van der Waals surface area contributed by atoms with Crippen LogP contribution in [0.25, 0.3) is 0 Å². The number of carbonyl (C=O) groups is 1. The fraction of sp³-hybridized carbons (Fsp3) is 0.800. The Morgan fingerprint density at radius 2 is 2.33 bits per heavy atom. The van der Waals surface area contributed by atoms with Gasteiger partial charge < -0.3 is 5.73 Å². The summed E-state index contributed by atoms with van der Waals surface area (Å²) in [6.07, 6.45) is 0.635. The van der Waals surface area contributed by atoms with Crippen molar-refractivity contribution in [3.8, 4) is 0 Å². The molecule has 0 fully saturated rings. The molecule has 0 saturated carbocycles. The van der Waals surface area contributed by atoms with Crippen molar-refractivity contribution in [2.45, 2.75) is 13.3 Å². The Morgan fingerprint density at radius 1 is 1.78 bits per heavy atom. The molecule has 0 heterocycles. The highest BCUT2D eigenvalue weighted by Crippen LogP contribution is 1.84. The topological polar surface area (TPSA) is 66.6 Å². The van der Waals surface area contributed by atoms with Gasteiger partial charge in [0.2, 0.25) is 5.91 Å². The molecule has 0 rings (SSSR count). The fourth-order valence-electron chi connectivity index (χ4n) is 0.399. The van der Waals surface area contributed by atoms with Crippen LogP contribution in [0.15, 0.2) is 0 Å². The number of carbonyl (C=O) groups excluding carboxylic acids is 1. The first kappa shape index (κ1) is 8.39. The van der Waals surface area contributed by atoms with Gasteiger partial charge in [0.25, 0.3) is 0 Å². The van der Waals surface area contributed by atoms with Crippen LogP contribution >= 0.6 is 0 Å². The predicted molar refractivity (Wildman–Crippen MR) is 32.8 cm³/mol. The Balaban J connectivity index is 3.27. The van der Waals surface area contributed by atoms with Crippen molar-refractivity contribution in [2.75, 3.05) is 13.1 Å². The minimum absolute atomic E-state index is 0.325. The minimum Gasteiger partial charge on any atom is -0.330 e. The average Bonchev–Trinajstić information content (AvgIpc) is 1.82. The molecule has 0 aliphatic carbocycles. The molecule has 0 bridgehead atoms. The van der Waals surface area contributed by atoms with Crippen LogP contribution in [0.3, 0.4) is 0 Å². The molecule has 0 spiro atoms. The molecule has 0 atom stereocenters. The molecule has 4 nitrogen and oxygen atoms in total. The lowest BCUT2D eigenvalue weighted by Gasteiger charge is -2.10. The van der Waals surface area contributed by atoms with E-state index in [0.29, 0.717) is 24.6 Å². The number of hydroxylamine groups is 2. The number of nitrogens with zero attached hydrogens (tertiary/aromatic N) is 1. The number of hydrogen-bond donors (Lipinski definition) is 2. The van der Waals surface area contributed by atoms with Crippen molar-refractivity contribution < 1.29 is 10.0 Å². The molecule has 0 radical (unpaired) electrons. The van der Waals surface area contributed by atoms with E-state index in [9.17, 15) is 4.79 Å². The lowest BCUT2D eigenvalue weighted by molar-refractivity contribution is -0.162. The van der Waals surface area contributed by atoms with Crippen molar-refractivity contribution in [3.63, 3.8) is 0 Å². The summed E-state index contributed by atoms with van der Waals surface area (Å²) in [7, 11) is 0. The van der Waals surface area contributed by atoms with Gasteiger partial charge in [-0.2, -0.15) is 0 Å². The minimum atomic E-state index is -0.344. The van der Waals surface area contributed by atoms with E-state index in [1.807, 2.05) is 0 Å². The zero-order chi connectivity index (χ0) is 7.28. The summed E-state index contributed by atoms with van der Waals surface area (Å²) in [5.74, 6) is -0.344. The molecule has 0 aromatic rings. The summed E-state index contributed by atoms with van der Waals surface area (Å²) >= 11 is 0. The molecule has 0 unspecified atom stereocenters. The molecule has 0 aromatic carbocycles. The van der Waals surface area contributed by atoms with Gasteiger partial charge in [0.05, 0.1) is 0 Å². The molecule has 3 N–H and O–H groups in total. The van der Waals surface area contributed by atoms with Gasteiger partial charge >= 0.3 is 0 Å². The van der Waals surface area contributed by atoms with E-state index in [1.165, 1.54) is 6.92 Å². The maximum Gasteiger partial charge on any atom is 0.242 e. The summed E-state index contributed by atoms with van der Waals surface area (Å²) in [4.78, 5) is 10.3. The highest BCUT2D eigenvalue weighted by atomic mass is 16.5. The van der Waals surface area contributed by atoms with Crippen molar-refractivity contribution >= 4 is 5.91 Å². The lowest BCUT2D eigenvalue weighted by Crippen LogP contribution is -2.26. The van der Waals surface area contributed by atoms with E-state index in [0.717, 1.165) is 0 Å². The van der Waals surface area contributed by atoms with E-state index in [1.54, 1.807) is 0 Å². The first-order valence-electron chi connectivity index (χ1n) is 2.85. The highest BCUT2D eigenvalue weighted by molar-refractivity contribution is 5.71. The van der Waals surface area contributed by atoms with E-state index < -0.39 is 0 Å². The number of rotatable bonds is 3. The van der Waals surface area contributed by atoms with Crippen LogP contribution in [0.4, 0.5) is 0 Å². The van der Waals surface area contributed by atoms with Crippen LogP contribution in [0.5, 0.6) is 0 Å². The zero-order valence-electron chi connectivity index (χ0n) is 5.50. The maximum absolute atomic E-state index is 10.3. The fourth-order valence-corrected chi connectivity index (χ4v) is 0.399. The van der Waals surface area contributed by atoms with E-state index in [-0.39, 0.29) is 5.91 Å². The SMILES string of the molecule is CC(=O)N(O)CCCN. The Morgan fingerprint density at radius 3 is 2.67 bits per heavy atom. The molecule has 0 saturated heterocycles. The smallest absolute Gasteiger partial charge is 0.242 e. The summed E-state index contributed by atoms with van der Waals surface area (Å²) in [6.45, 7) is 2.12. The van der Waals surface area contributed by atoms with Gasteiger partial charge in [-0.3, -0.25) is 10.0 Å². The van der Waals surface area contributed by atoms with Crippen molar-refractivity contribution in [1.82, 2.24) is 5.06 Å². The molecule has 4 heteroatoms. The van der Waals surface area contributed by atoms with Gasteiger partial charge in [0, 0.05) is 13.5 Å². The summed E-state index contributed by atoms with van der Waals surface area (Å²) < 4.78 is 0. The van der Waals surface area contributed by atoms with Crippen LogP contribution in [-0.2, 0) is 4.79 Å². The van der Waals surface area contributed by atoms with Crippen molar-refractivity contribution in [1.29, 1.82) is 0 Å². The first-order chi connectivity index (χ1) is 4.18. The highest BCUT2D eigenvalue weighted by Gasteiger charge is 2.00. The Labute approximate surface area is 54.2 Å². The second-order valence-electron chi connectivity index (χ2n) is 1.78. The zero-order valence-corrected chi connectivity index (χ0v) is 5.50.